The highest BCUT2D eigenvalue weighted by Gasteiger charge is 2.40. The highest BCUT2D eigenvalue weighted by atomic mass is 19.1. The molecule has 5 heteroatoms. The SMILES string of the molecule is CC(C)(N)C(C)(C)C(=O)Nc1ccc(F)c(C#N)c1. The van der Waals surface area contributed by atoms with Crippen LogP contribution in [0, 0.1) is 22.6 Å². The lowest BCUT2D eigenvalue weighted by Crippen LogP contribution is -2.53. The van der Waals surface area contributed by atoms with E-state index in [1.807, 2.05) is 0 Å². The van der Waals surface area contributed by atoms with Gasteiger partial charge in [-0.1, -0.05) is 0 Å². The van der Waals surface area contributed by atoms with Crippen molar-refractivity contribution in [1.29, 1.82) is 5.26 Å². The molecular weight excluding hydrogens is 245 g/mol. The Balaban J connectivity index is 2.99. The van der Waals surface area contributed by atoms with Crippen molar-refractivity contribution in [3.63, 3.8) is 0 Å². The number of hydrogen-bond acceptors (Lipinski definition) is 3. The second kappa shape index (κ2) is 4.98. The third-order valence-electron chi connectivity index (χ3n) is 3.52. The molecule has 4 nitrogen and oxygen atoms in total. The van der Waals surface area contributed by atoms with E-state index >= 15 is 0 Å². The lowest BCUT2D eigenvalue weighted by molar-refractivity contribution is -0.126. The summed E-state index contributed by atoms with van der Waals surface area (Å²) in [5.74, 6) is -0.894. The summed E-state index contributed by atoms with van der Waals surface area (Å²) < 4.78 is 13.2. The number of nitrogens with two attached hydrogens (primary N) is 1. The summed E-state index contributed by atoms with van der Waals surface area (Å²) >= 11 is 0. The predicted molar refractivity (Wildman–Crippen MR) is 71.8 cm³/mol. The van der Waals surface area contributed by atoms with Gasteiger partial charge in [-0.05, 0) is 45.9 Å². The fourth-order valence-corrected chi connectivity index (χ4v) is 1.27. The summed E-state index contributed by atoms with van der Waals surface area (Å²) in [5.41, 5.74) is 4.72. The molecule has 0 aliphatic heterocycles. The van der Waals surface area contributed by atoms with Crippen molar-refractivity contribution >= 4 is 11.6 Å². The Morgan fingerprint density at radius 3 is 2.42 bits per heavy atom. The topological polar surface area (TPSA) is 78.9 Å². The summed E-state index contributed by atoms with van der Waals surface area (Å²) in [5, 5.41) is 11.4. The molecule has 1 aromatic carbocycles. The molecule has 1 rings (SSSR count). The average molecular weight is 263 g/mol. The van der Waals surface area contributed by atoms with E-state index in [4.69, 9.17) is 11.0 Å². The molecule has 0 radical (unpaired) electrons. The number of halogens is 1. The lowest BCUT2D eigenvalue weighted by Gasteiger charge is -2.36. The van der Waals surface area contributed by atoms with Crippen molar-refractivity contribution in [2.45, 2.75) is 33.2 Å². The minimum absolute atomic E-state index is 0.109. The number of hydrogen-bond donors (Lipinski definition) is 2. The van der Waals surface area contributed by atoms with Crippen LogP contribution in [0.5, 0.6) is 0 Å². The van der Waals surface area contributed by atoms with E-state index in [0.717, 1.165) is 6.07 Å². The number of carbonyl (C=O) groups is 1. The fourth-order valence-electron chi connectivity index (χ4n) is 1.27. The minimum atomic E-state index is -0.811. The quantitative estimate of drug-likeness (QED) is 0.878. The largest absolute Gasteiger partial charge is 0.326 e. The maximum atomic E-state index is 13.2. The molecule has 102 valence electrons. The van der Waals surface area contributed by atoms with Crippen LogP contribution in [0.3, 0.4) is 0 Å². The molecule has 3 N–H and O–H groups in total. The summed E-state index contributed by atoms with van der Waals surface area (Å²) in [7, 11) is 0. The van der Waals surface area contributed by atoms with Crippen LogP contribution >= 0.6 is 0 Å². The maximum absolute atomic E-state index is 13.2. The number of amides is 1. The molecule has 1 aromatic rings. The Labute approximate surface area is 112 Å². The zero-order valence-electron chi connectivity index (χ0n) is 11.5. The molecule has 0 saturated carbocycles. The van der Waals surface area contributed by atoms with Gasteiger partial charge in [0, 0.05) is 11.2 Å². The third kappa shape index (κ3) is 3.09. The molecule has 0 atom stereocenters. The molecule has 0 spiro atoms. The van der Waals surface area contributed by atoms with Crippen LogP contribution in [-0.4, -0.2) is 11.4 Å². The summed E-state index contributed by atoms with van der Waals surface area (Å²) in [4.78, 5) is 12.2. The Morgan fingerprint density at radius 2 is 1.95 bits per heavy atom. The molecular formula is C14H18FN3O. The average Bonchev–Trinajstić information content (AvgIpc) is 2.30. The van der Waals surface area contributed by atoms with E-state index in [9.17, 15) is 9.18 Å². The van der Waals surface area contributed by atoms with Gasteiger partial charge < -0.3 is 11.1 Å². The van der Waals surface area contributed by atoms with Crippen molar-refractivity contribution in [2.24, 2.45) is 11.1 Å². The molecule has 1 amide bonds. The van der Waals surface area contributed by atoms with E-state index in [0.29, 0.717) is 5.69 Å². The Morgan fingerprint density at radius 1 is 1.37 bits per heavy atom. The highest BCUT2D eigenvalue weighted by molar-refractivity contribution is 5.95. The smallest absolute Gasteiger partial charge is 0.231 e. The number of nitriles is 1. The van der Waals surface area contributed by atoms with E-state index in [2.05, 4.69) is 5.32 Å². The number of nitrogens with zero attached hydrogens (tertiary/aromatic N) is 1. The van der Waals surface area contributed by atoms with Gasteiger partial charge in [0.15, 0.2) is 0 Å². The first-order valence-electron chi connectivity index (χ1n) is 5.89. The number of benzene rings is 1. The van der Waals surface area contributed by atoms with Crippen molar-refractivity contribution in [1.82, 2.24) is 0 Å². The number of anilines is 1. The monoisotopic (exact) mass is 263 g/mol. The van der Waals surface area contributed by atoms with Gasteiger partial charge in [-0.2, -0.15) is 5.26 Å². The molecule has 0 fully saturated rings. The number of rotatable bonds is 3. The van der Waals surface area contributed by atoms with Crippen LogP contribution in [0.4, 0.5) is 10.1 Å². The molecule has 0 bridgehead atoms. The Hall–Kier alpha value is -1.93. The van der Waals surface area contributed by atoms with Crippen LogP contribution < -0.4 is 11.1 Å². The van der Waals surface area contributed by atoms with Gasteiger partial charge in [-0.15, -0.1) is 0 Å². The first-order chi connectivity index (χ1) is 8.59. The summed E-state index contributed by atoms with van der Waals surface area (Å²) in [6.45, 7) is 6.99. The van der Waals surface area contributed by atoms with Crippen LogP contribution in [0.2, 0.25) is 0 Å². The Bertz CT molecular complexity index is 539. The van der Waals surface area contributed by atoms with Crippen LogP contribution in [-0.2, 0) is 4.79 Å². The van der Waals surface area contributed by atoms with Crippen LogP contribution in [0.1, 0.15) is 33.3 Å². The van der Waals surface area contributed by atoms with E-state index in [1.165, 1.54) is 12.1 Å². The van der Waals surface area contributed by atoms with Crippen LogP contribution in [0.15, 0.2) is 18.2 Å². The van der Waals surface area contributed by atoms with E-state index < -0.39 is 16.8 Å². The van der Waals surface area contributed by atoms with Gasteiger partial charge in [0.25, 0.3) is 0 Å². The van der Waals surface area contributed by atoms with Gasteiger partial charge in [0.05, 0.1) is 11.0 Å². The van der Waals surface area contributed by atoms with Gasteiger partial charge in [0.1, 0.15) is 11.9 Å². The molecule has 0 heterocycles. The molecule has 0 aliphatic carbocycles. The molecule has 0 saturated heterocycles. The summed E-state index contributed by atoms with van der Waals surface area (Å²) in [6.07, 6.45) is 0. The number of nitrogens with one attached hydrogen (secondary N) is 1. The highest BCUT2D eigenvalue weighted by Crippen LogP contribution is 2.30. The van der Waals surface area contributed by atoms with Crippen molar-refractivity contribution in [3.05, 3.63) is 29.6 Å². The van der Waals surface area contributed by atoms with Crippen molar-refractivity contribution in [2.75, 3.05) is 5.32 Å². The van der Waals surface area contributed by atoms with Gasteiger partial charge in [0.2, 0.25) is 5.91 Å². The zero-order valence-corrected chi connectivity index (χ0v) is 11.5. The van der Waals surface area contributed by atoms with E-state index in [-0.39, 0.29) is 11.5 Å². The predicted octanol–water partition coefficient (Wildman–Crippen LogP) is 2.40. The first kappa shape index (κ1) is 15.1. The number of carbonyl (C=O) groups excluding carboxylic acids is 1. The molecule has 19 heavy (non-hydrogen) atoms. The fraction of sp³-hybridized carbons (Fsp3) is 0.429. The van der Waals surface area contributed by atoms with Gasteiger partial charge in [-0.25, -0.2) is 4.39 Å². The van der Waals surface area contributed by atoms with Gasteiger partial charge in [-0.3, -0.25) is 4.79 Å². The standard InChI is InChI=1S/C14H18FN3O/c1-13(2,14(3,4)17)12(19)18-10-5-6-11(15)9(7-10)8-16/h5-7H,17H2,1-4H3,(H,18,19). The minimum Gasteiger partial charge on any atom is -0.326 e. The lowest BCUT2D eigenvalue weighted by atomic mass is 9.74. The second-order valence-electron chi connectivity index (χ2n) is 5.61. The maximum Gasteiger partial charge on any atom is 0.231 e. The molecule has 0 unspecified atom stereocenters. The normalized spacial score (nSPS) is 11.8. The third-order valence-corrected chi connectivity index (χ3v) is 3.52. The van der Waals surface area contributed by atoms with Crippen molar-refractivity contribution in [3.8, 4) is 6.07 Å². The zero-order chi connectivity index (χ0) is 14.8. The second-order valence-corrected chi connectivity index (χ2v) is 5.61. The van der Waals surface area contributed by atoms with Gasteiger partial charge >= 0.3 is 0 Å². The molecule has 0 aromatic heterocycles. The van der Waals surface area contributed by atoms with E-state index in [1.54, 1.807) is 33.8 Å². The first-order valence-corrected chi connectivity index (χ1v) is 5.89. The van der Waals surface area contributed by atoms with Crippen molar-refractivity contribution < 1.29 is 9.18 Å². The van der Waals surface area contributed by atoms with Crippen LogP contribution in [0.25, 0.3) is 0 Å². The Kier molecular flexibility index (Phi) is 3.97. The summed E-state index contributed by atoms with van der Waals surface area (Å²) in [6, 6.07) is 5.58. The molecule has 0 aliphatic rings.